The topological polar surface area (TPSA) is 91.1 Å². The Kier molecular flexibility index (Phi) is 5.55. The highest BCUT2D eigenvalue weighted by atomic mass is 35.5. The molecule has 2 saturated carbocycles. The lowest BCUT2D eigenvalue weighted by molar-refractivity contribution is 0.0168. The molecule has 4 aliphatic rings. The summed E-state index contributed by atoms with van der Waals surface area (Å²) in [5, 5.41) is 13.3. The molecule has 3 heterocycles. The predicted octanol–water partition coefficient (Wildman–Crippen LogP) is 4.90. The number of anilines is 2. The van der Waals surface area contributed by atoms with E-state index in [0.29, 0.717) is 51.7 Å². The molecule has 2 saturated heterocycles. The number of ether oxygens (including phenoxy) is 1. The predicted molar refractivity (Wildman–Crippen MR) is 131 cm³/mol. The Morgan fingerprint density at radius 2 is 2.12 bits per heavy atom. The van der Waals surface area contributed by atoms with Crippen molar-refractivity contribution in [2.45, 2.75) is 81.7 Å². The van der Waals surface area contributed by atoms with Gasteiger partial charge in [0, 0.05) is 29.2 Å². The Bertz CT molecular complexity index is 1190. The molecule has 9 heteroatoms. The van der Waals surface area contributed by atoms with E-state index in [2.05, 4.69) is 32.6 Å². The van der Waals surface area contributed by atoms with Gasteiger partial charge in [-0.15, -0.1) is 0 Å². The van der Waals surface area contributed by atoms with Crippen LogP contribution in [0.25, 0.3) is 0 Å². The number of rotatable bonds is 7. The summed E-state index contributed by atoms with van der Waals surface area (Å²) < 4.78 is 22.2. The fourth-order valence-corrected chi connectivity index (χ4v) is 8.03. The molecule has 2 aliphatic heterocycles. The van der Waals surface area contributed by atoms with Crippen LogP contribution in [0, 0.1) is 16.7 Å². The van der Waals surface area contributed by atoms with Crippen molar-refractivity contribution in [2.24, 2.45) is 5.41 Å². The summed E-state index contributed by atoms with van der Waals surface area (Å²) in [6, 6.07) is 7.95. The van der Waals surface area contributed by atoms with Crippen molar-refractivity contribution < 1.29 is 8.95 Å². The Morgan fingerprint density at radius 3 is 2.79 bits per heavy atom. The lowest BCUT2D eigenvalue weighted by atomic mass is 9.85. The Hall–Kier alpha value is -2.21. The quantitative estimate of drug-likeness (QED) is 0.585. The number of nitrogens with zero attached hydrogens (tertiary/aromatic N) is 4. The molecule has 34 heavy (non-hydrogen) atoms. The average molecular weight is 498 g/mol. The average Bonchev–Trinajstić information content (AvgIpc) is 3.77. The minimum absolute atomic E-state index is 0.0870. The highest BCUT2D eigenvalue weighted by Crippen LogP contribution is 2.63. The van der Waals surface area contributed by atoms with Crippen LogP contribution in [0.3, 0.4) is 0 Å². The second kappa shape index (κ2) is 8.47. The van der Waals surface area contributed by atoms with Crippen LogP contribution in [0.5, 0.6) is 5.88 Å². The lowest BCUT2D eigenvalue weighted by Crippen LogP contribution is -2.55. The first kappa shape index (κ1) is 22.3. The maximum Gasteiger partial charge on any atom is 0.222 e. The summed E-state index contributed by atoms with van der Waals surface area (Å²) in [6.07, 6.45) is 9.94. The maximum absolute atomic E-state index is 13.1. The van der Waals surface area contributed by atoms with Gasteiger partial charge < -0.3 is 10.1 Å². The van der Waals surface area contributed by atoms with Gasteiger partial charge in [0.1, 0.15) is 18.2 Å². The third-order valence-electron chi connectivity index (χ3n) is 7.94. The van der Waals surface area contributed by atoms with Crippen molar-refractivity contribution in [3.63, 3.8) is 0 Å². The van der Waals surface area contributed by atoms with Gasteiger partial charge in [-0.05, 0) is 63.1 Å². The monoisotopic (exact) mass is 497 g/mol. The number of nitrogens with one attached hydrogen (secondary N) is 1. The number of fused-ring (bicyclic) bond motifs is 3. The zero-order valence-corrected chi connectivity index (χ0v) is 20.7. The second-order valence-corrected chi connectivity index (χ2v) is 12.0. The summed E-state index contributed by atoms with van der Waals surface area (Å²) in [5.74, 6) is 1.29. The summed E-state index contributed by atoms with van der Waals surface area (Å²) >= 11 is 6.38. The molecule has 178 valence electrons. The molecule has 1 spiro atoms. The first-order valence-corrected chi connectivity index (χ1v) is 13.7. The summed E-state index contributed by atoms with van der Waals surface area (Å²) in [4.78, 5) is 8.99. The minimum Gasteiger partial charge on any atom is -0.473 e. The normalized spacial score (nSPS) is 27.9. The molecule has 4 atom stereocenters. The van der Waals surface area contributed by atoms with Gasteiger partial charge in [-0.2, -0.15) is 5.26 Å². The second-order valence-electron chi connectivity index (χ2n) is 9.95. The molecule has 4 unspecified atom stereocenters. The lowest BCUT2D eigenvalue weighted by Gasteiger charge is -2.44. The van der Waals surface area contributed by atoms with Gasteiger partial charge in [-0.1, -0.05) is 18.5 Å². The van der Waals surface area contributed by atoms with Crippen LogP contribution >= 0.6 is 11.6 Å². The molecule has 1 aromatic heterocycles. The Balaban J connectivity index is 1.25. The van der Waals surface area contributed by atoms with Crippen LogP contribution < -0.4 is 10.1 Å². The van der Waals surface area contributed by atoms with E-state index in [4.69, 9.17) is 21.6 Å². The molecule has 1 N–H and O–H groups in total. The molecule has 0 amide bonds. The van der Waals surface area contributed by atoms with Crippen LogP contribution in [-0.4, -0.2) is 41.9 Å². The highest BCUT2D eigenvalue weighted by molar-refractivity contribution is 7.83. The van der Waals surface area contributed by atoms with Crippen molar-refractivity contribution in [1.82, 2.24) is 14.3 Å². The summed E-state index contributed by atoms with van der Waals surface area (Å²) in [5.41, 5.74) is 2.20. The van der Waals surface area contributed by atoms with Gasteiger partial charge in [0.05, 0.1) is 38.9 Å². The third-order valence-corrected chi connectivity index (χ3v) is 10.3. The van der Waals surface area contributed by atoms with Crippen molar-refractivity contribution in [3.05, 3.63) is 40.7 Å². The molecule has 4 fully saturated rings. The standard InChI is InChI=1S/C25H28ClN5O2S/c1-2-18-23(30-20-7-3-15(13-27)11-19(20)26)28-14-29-24(18)33-22-12-16-4-8-21(25(22)9-10-25)31(16)34(32)17-5-6-17/h3,7,11,14,16-17,21-22H,2,4-6,8-10,12H2,1H3,(H,28,29,30). The first-order chi connectivity index (χ1) is 16.5. The van der Waals surface area contributed by atoms with Crippen LogP contribution in [0.4, 0.5) is 11.5 Å². The summed E-state index contributed by atoms with van der Waals surface area (Å²) in [6.45, 7) is 2.06. The molecule has 6 rings (SSSR count). The van der Waals surface area contributed by atoms with E-state index in [-0.39, 0.29) is 11.5 Å². The van der Waals surface area contributed by atoms with Gasteiger partial charge in [0.15, 0.2) is 0 Å². The molecule has 2 aromatic rings. The van der Waals surface area contributed by atoms with Crippen molar-refractivity contribution in [2.75, 3.05) is 5.32 Å². The van der Waals surface area contributed by atoms with Crippen LogP contribution in [0.15, 0.2) is 24.5 Å². The molecule has 0 radical (unpaired) electrons. The van der Waals surface area contributed by atoms with Crippen LogP contribution in [0.2, 0.25) is 5.02 Å². The minimum atomic E-state index is -0.840. The number of piperidine rings is 1. The van der Waals surface area contributed by atoms with E-state index >= 15 is 0 Å². The number of benzene rings is 1. The van der Waals surface area contributed by atoms with E-state index < -0.39 is 11.0 Å². The maximum atomic E-state index is 13.1. The molecular weight excluding hydrogens is 470 g/mol. The van der Waals surface area contributed by atoms with E-state index in [1.165, 1.54) is 6.33 Å². The molecule has 1 aromatic carbocycles. The van der Waals surface area contributed by atoms with Gasteiger partial charge >= 0.3 is 0 Å². The fraction of sp³-hybridized carbons (Fsp3) is 0.560. The number of halogens is 1. The number of nitriles is 1. The zero-order chi connectivity index (χ0) is 23.4. The smallest absolute Gasteiger partial charge is 0.222 e. The SMILES string of the molecule is CCc1c(Nc2ccc(C#N)cc2Cl)ncnc1OC1CC2CCC(N2S(=O)C2CC2)C12CC2. The van der Waals surface area contributed by atoms with Crippen molar-refractivity contribution in [3.8, 4) is 11.9 Å². The Labute approximate surface area is 207 Å². The molecule has 2 bridgehead atoms. The van der Waals surface area contributed by atoms with E-state index in [9.17, 15) is 4.21 Å². The summed E-state index contributed by atoms with van der Waals surface area (Å²) in [7, 11) is -0.840. The largest absolute Gasteiger partial charge is 0.473 e. The molecule has 2 aliphatic carbocycles. The molecular formula is C25H28ClN5O2S. The zero-order valence-electron chi connectivity index (χ0n) is 19.2. The van der Waals surface area contributed by atoms with E-state index in [0.717, 1.165) is 50.5 Å². The Morgan fingerprint density at radius 1 is 1.29 bits per heavy atom. The number of hydrogen-bond acceptors (Lipinski definition) is 6. The van der Waals surface area contributed by atoms with Crippen molar-refractivity contribution >= 4 is 34.1 Å². The van der Waals surface area contributed by atoms with Crippen LogP contribution in [-0.2, 0) is 17.4 Å². The first-order valence-electron chi connectivity index (χ1n) is 12.2. The van der Waals surface area contributed by atoms with Gasteiger partial charge in [-0.25, -0.2) is 18.5 Å². The number of hydrogen-bond donors (Lipinski definition) is 1. The van der Waals surface area contributed by atoms with Crippen LogP contribution in [0.1, 0.15) is 63.0 Å². The molecule has 7 nitrogen and oxygen atoms in total. The van der Waals surface area contributed by atoms with E-state index in [1.54, 1.807) is 18.2 Å². The highest BCUT2D eigenvalue weighted by Gasteiger charge is 2.66. The van der Waals surface area contributed by atoms with E-state index in [1.807, 2.05) is 0 Å². The number of aromatic nitrogens is 2. The third kappa shape index (κ3) is 3.69. The van der Waals surface area contributed by atoms with Gasteiger partial charge in [0.2, 0.25) is 5.88 Å². The van der Waals surface area contributed by atoms with Crippen molar-refractivity contribution in [1.29, 1.82) is 5.26 Å². The fourth-order valence-electron chi connectivity index (χ4n) is 5.87. The van der Waals surface area contributed by atoms with Gasteiger partial charge in [0.25, 0.3) is 0 Å². The van der Waals surface area contributed by atoms with Gasteiger partial charge in [-0.3, -0.25) is 0 Å².